The zero-order valence-electron chi connectivity index (χ0n) is 19.8. The van der Waals surface area contributed by atoms with Crippen LogP contribution in [0.4, 0.5) is 5.69 Å². The van der Waals surface area contributed by atoms with Gasteiger partial charge in [0, 0.05) is 47.4 Å². The van der Waals surface area contributed by atoms with Gasteiger partial charge in [-0.2, -0.15) is 11.8 Å². The first kappa shape index (κ1) is 26.0. The Morgan fingerprint density at radius 3 is 2.29 bits per heavy atom. The van der Waals surface area contributed by atoms with Crippen molar-refractivity contribution in [1.82, 2.24) is 10.3 Å². The summed E-state index contributed by atoms with van der Waals surface area (Å²) in [6.45, 7) is 5.48. The van der Waals surface area contributed by atoms with E-state index in [2.05, 4.69) is 10.3 Å². The Labute approximate surface area is 207 Å². The van der Waals surface area contributed by atoms with Gasteiger partial charge in [0.15, 0.2) is 0 Å². The number of nitrogens with zero attached hydrogens (tertiary/aromatic N) is 2. The number of pyridine rings is 1. The van der Waals surface area contributed by atoms with Crippen molar-refractivity contribution in [3.05, 3.63) is 92.6 Å². The van der Waals surface area contributed by atoms with Crippen LogP contribution in [-0.2, 0) is 24.8 Å². The Bertz CT molecular complexity index is 1150. The number of thioether (sulfide) groups is 1. The normalized spacial score (nSPS) is 15.5. The van der Waals surface area contributed by atoms with Crippen molar-refractivity contribution < 1.29 is 24.0 Å². The molecule has 0 saturated heterocycles. The number of nitro groups is 1. The van der Waals surface area contributed by atoms with Crippen molar-refractivity contribution >= 4 is 29.4 Å². The maximum absolute atomic E-state index is 13.2. The van der Waals surface area contributed by atoms with Gasteiger partial charge in [0.1, 0.15) is 0 Å². The number of ether oxygens (including phenoxy) is 2. The molecular weight excluding hydrogens is 470 g/mol. The molecule has 0 aliphatic carbocycles. The van der Waals surface area contributed by atoms with Crippen LogP contribution in [0.3, 0.4) is 0 Å². The van der Waals surface area contributed by atoms with E-state index >= 15 is 0 Å². The highest BCUT2D eigenvalue weighted by molar-refractivity contribution is 7.98. The SMILES string of the molecule is CCOC(=O)C1=C(C)NC(CSCc2cccnc2)=C(C(=O)OCC)C1c1ccc([N+](=O)[O-])cc1. The number of allylic oxidation sites excluding steroid dienone is 1. The number of benzene rings is 1. The number of nitro benzene ring substituents is 1. The molecule has 0 fully saturated rings. The van der Waals surface area contributed by atoms with Crippen LogP contribution in [0.25, 0.3) is 0 Å². The zero-order valence-corrected chi connectivity index (χ0v) is 20.6. The first-order valence-corrected chi connectivity index (χ1v) is 12.3. The topological polar surface area (TPSA) is 121 Å². The maximum Gasteiger partial charge on any atom is 0.336 e. The average Bonchev–Trinajstić information content (AvgIpc) is 2.84. The monoisotopic (exact) mass is 497 g/mol. The molecule has 1 aliphatic heterocycles. The van der Waals surface area contributed by atoms with Gasteiger partial charge in [0.2, 0.25) is 0 Å². The van der Waals surface area contributed by atoms with Crippen LogP contribution in [0.2, 0.25) is 0 Å². The van der Waals surface area contributed by atoms with Crippen molar-refractivity contribution in [3.63, 3.8) is 0 Å². The summed E-state index contributed by atoms with van der Waals surface area (Å²) >= 11 is 1.58. The second kappa shape index (κ2) is 12.2. The minimum atomic E-state index is -0.802. The Morgan fingerprint density at radius 1 is 1.06 bits per heavy atom. The second-order valence-electron chi connectivity index (χ2n) is 7.63. The van der Waals surface area contributed by atoms with Gasteiger partial charge in [0.25, 0.3) is 5.69 Å². The molecule has 0 spiro atoms. The number of aromatic nitrogens is 1. The molecule has 1 aliphatic rings. The number of hydrogen-bond donors (Lipinski definition) is 1. The zero-order chi connectivity index (χ0) is 25.4. The summed E-state index contributed by atoms with van der Waals surface area (Å²) in [6, 6.07) is 9.66. The molecule has 1 N–H and O–H groups in total. The molecule has 2 heterocycles. The van der Waals surface area contributed by atoms with Gasteiger partial charge < -0.3 is 14.8 Å². The molecule has 10 heteroatoms. The summed E-state index contributed by atoms with van der Waals surface area (Å²) in [5, 5.41) is 14.4. The predicted molar refractivity (Wildman–Crippen MR) is 132 cm³/mol. The van der Waals surface area contributed by atoms with Crippen LogP contribution in [0.1, 0.15) is 37.8 Å². The Hall–Kier alpha value is -3.66. The van der Waals surface area contributed by atoms with Crippen molar-refractivity contribution in [3.8, 4) is 0 Å². The van der Waals surface area contributed by atoms with E-state index in [1.54, 1.807) is 57.1 Å². The largest absolute Gasteiger partial charge is 0.463 e. The van der Waals surface area contributed by atoms with Crippen LogP contribution >= 0.6 is 11.8 Å². The summed E-state index contributed by atoms with van der Waals surface area (Å²) in [6.07, 6.45) is 3.49. The number of dihydropyridines is 1. The molecule has 184 valence electrons. The molecule has 1 atom stereocenters. The van der Waals surface area contributed by atoms with Gasteiger partial charge in [-0.15, -0.1) is 0 Å². The minimum Gasteiger partial charge on any atom is -0.463 e. The van der Waals surface area contributed by atoms with Gasteiger partial charge in [0.05, 0.1) is 35.2 Å². The molecule has 1 aromatic heterocycles. The average molecular weight is 498 g/mol. The van der Waals surface area contributed by atoms with Gasteiger partial charge in [-0.05, 0) is 38.0 Å². The number of esters is 2. The number of rotatable bonds is 10. The number of non-ortho nitro benzene ring substituents is 1. The van der Waals surface area contributed by atoms with E-state index in [0.717, 1.165) is 5.56 Å². The van der Waals surface area contributed by atoms with E-state index in [0.29, 0.717) is 28.5 Å². The molecule has 0 radical (unpaired) electrons. The van der Waals surface area contributed by atoms with Crippen molar-refractivity contribution in [2.75, 3.05) is 19.0 Å². The molecule has 1 aromatic carbocycles. The lowest BCUT2D eigenvalue weighted by Gasteiger charge is -2.31. The molecule has 2 aromatic rings. The highest BCUT2D eigenvalue weighted by atomic mass is 32.2. The quantitative estimate of drug-likeness (QED) is 0.291. The van der Waals surface area contributed by atoms with E-state index < -0.39 is 22.8 Å². The fourth-order valence-electron chi connectivity index (χ4n) is 3.82. The lowest BCUT2D eigenvalue weighted by molar-refractivity contribution is -0.384. The van der Waals surface area contributed by atoms with Crippen molar-refractivity contribution in [2.45, 2.75) is 32.4 Å². The molecule has 0 amide bonds. The van der Waals surface area contributed by atoms with Gasteiger partial charge in [-0.1, -0.05) is 18.2 Å². The molecule has 3 rings (SSSR count). The molecular formula is C25H27N3O6S. The molecule has 35 heavy (non-hydrogen) atoms. The Kier molecular flexibility index (Phi) is 9.02. The summed E-state index contributed by atoms with van der Waals surface area (Å²) < 4.78 is 10.7. The smallest absolute Gasteiger partial charge is 0.336 e. The third-order valence-corrected chi connectivity index (χ3v) is 6.34. The van der Waals surface area contributed by atoms with Gasteiger partial charge >= 0.3 is 11.9 Å². The fraction of sp³-hybridized carbons (Fsp3) is 0.320. The first-order chi connectivity index (χ1) is 16.9. The Balaban J connectivity index is 2.06. The van der Waals surface area contributed by atoms with E-state index in [1.807, 2.05) is 12.1 Å². The molecule has 0 bridgehead atoms. The molecule has 9 nitrogen and oxygen atoms in total. The number of carbonyl (C=O) groups excluding carboxylic acids is 2. The lowest BCUT2D eigenvalue weighted by atomic mass is 9.80. The standard InChI is InChI=1S/C25H27N3O6S/c1-4-33-24(29)21-16(3)27-20(15-35-14-17-7-6-12-26-13-17)23(25(30)34-5-2)22(21)18-8-10-19(11-9-18)28(31)32/h6-13,22,27H,4-5,14-15H2,1-3H3. The van der Waals surface area contributed by atoms with E-state index in [1.165, 1.54) is 12.1 Å². The summed E-state index contributed by atoms with van der Waals surface area (Å²) in [7, 11) is 0. The van der Waals surface area contributed by atoms with E-state index in [4.69, 9.17) is 9.47 Å². The van der Waals surface area contributed by atoms with Crippen LogP contribution in [0.5, 0.6) is 0 Å². The Morgan fingerprint density at radius 2 is 1.71 bits per heavy atom. The second-order valence-corrected chi connectivity index (χ2v) is 8.62. The van der Waals surface area contributed by atoms with Crippen molar-refractivity contribution in [1.29, 1.82) is 0 Å². The number of carbonyl (C=O) groups is 2. The highest BCUT2D eigenvalue weighted by Gasteiger charge is 2.39. The van der Waals surface area contributed by atoms with Crippen LogP contribution in [0, 0.1) is 10.1 Å². The van der Waals surface area contributed by atoms with Crippen molar-refractivity contribution in [2.24, 2.45) is 0 Å². The molecule has 1 unspecified atom stereocenters. The number of nitrogens with one attached hydrogen (secondary N) is 1. The highest BCUT2D eigenvalue weighted by Crippen LogP contribution is 2.40. The predicted octanol–water partition coefficient (Wildman–Crippen LogP) is 4.26. The third-order valence-electron chi connectivity index (χ3n) is 5.31. The lowest BCUT2D eigenvalue weighted by Crippen LogP contribution is -2.34. The minimum absolute atomic E-state index is 0.0880. The van der Waals surface area contributed by atoms with Crippen LogP contribution in [0.15, 0.2) is 71.3 Å². The fourth-order valence-corrected chi connectivity index (χ4v) is 4.76. The number of hydrogen-bond acceptors (Lipinski definition) is 9. The van der Waals surface area contributed by atoms with Gasteiger partial charge in [-0.3, -0.25) is 15.1 Å². The van der Waals surface area contributed by atoms with E-state index in [-0.39, 0.29) is 30.0 Å². The van der Waals surface area contributed by atoms with Crippen LogP contribution < -0.4 is 5.32 Å². The maximum atomic E-state index is 13.2. The first-order valence-electron chi connectivity index (χ1n) is 11.1. The van der Waals surface area contributed by atoms with E-state index in [9.17, 15) is 19.7 Å². The summed E-state index contributed by atoms with van der Waals surface area (Å²) in [5.41, 5.74) is 3.23. The van der Waals surface area contributed by atoms with Crippen LogP contribution in [-0.4, -0.2) is 40.8 Å². The third kappa shape index (κ3) is 6.27. The van der Waals surface area contributed by atoms with Gasteiger partial charge in [-0.25, -0.2) is 9.59 Å². The summed E-state index contributed by atoms with van der Waals surface area (Å²) in [4.78, 5) is 41.0. The summed E-state index contributed by atoms with van der Waals surface area (Å²) in [5.74, 6) is -0.811. The molecule has 0 saturated carbocycles.